The van der Waals surface area contributed by atoms with Crippen molar-refractivity contribution in [3.8, 4) is 0 Å². The first kappa shape index (κ1) is 29.2. The Hall–Kier alpha value is -3.06. The fraction of sp³-hybridized carbons (Fsp3) is 0.458. The molecule has 0 aliphatic carbocycles. The van der Waals surface area contributed by atoms with Crippen LogP contribution in [0.1, 0.15) is 40.2 Å². The number of hydroxylamine groups is 1. The van der Waals surface area contributed by atoms with E-state index in [0.29, 0.717) is 4.47 Å². The molecule has 12 heteroatoms. The van der Waals surface area contributed by atoms with E-state index in [2.05, 4.69) is 0 Å². The van der Waals surface area contributed by atoms with E-state index < -0.39 is 62.0 Å². The minimum absolute atomic E-state index is 0.109. The van der Waals surface area contributed by atoms with Gasteiger partial charge in [0.15, 0.2) is 0 Å². The maximum absolute atomic E-state index is 13.4. The highest BCUT2D eigenvalue weighted by Gasteiger charge is 2.40. The lowest BCUT2D eigenvalue weighted by atomic mass is 9.95. The first-order valence-corrected chi connectivity index (χ1v) is 12.8. The molecule has 0 aliphatic rings. The van der Waals surface area contributed by atoms with E-state index in [4.69, 9.17) is 4.84 Å². The van der Waals surface area contributed by atoms with Gasteiger partial charge in [-0.25, -0.2) is 13.2 Å². The number of hydrogen-bond acceptors (Lipinski definition) is 7. The maximum atomic E-state index is 13.4. The largest absolute Gasteiger partial charge is 0.465 e. The number of hydrogen-bond donors (Lipinski definition) is 2. The van der Waals surface area contributed by atoms with Crippen LogP contribution in [0.5, 0.6) is 0 Å². The molecule has 0 aliphatic heterocycles. The quantitative estimate of drug-likeness (QED) is 0.334. The molecule has 2 rings (SSSR count). The molecular formula is C24H33N3O8S. The Morgan fingerprint density at radius 2 is 1.72 bits per heavy atom. The molecule has 2 aromatic rings. The van der Waals surface area contributed by atoms with E-state index in [0.717, 1.165) is 22.6 Å². The Morgan fingerprint density at radius 1 is 1.11 bits per heavy atom. The van der Waals surface area contributed by atoms with Crippen LogP contribution in [-0.2, 0) is 21.3 Å². The summed E-state index contributed by atoms with van der Waals surface area (Å²) < 4.78 is 27.4. The Balaban J connectivity index is 2.50. The molecule has 0 bridgehead atoms. The molecule has 2 aromatic carbocycles. The summed E-state index contributed by atoms with van der Waals surface area (Å²) in [6.07, 6.45) is -3.30. The summed E-state index contributed by atoms with van der Waals surface area (Å²) in [4.78, 5) is 28.9. The standard InChI is InChI=1S/C24H33N3O8S/c1-17(2)35-25(36(33,34)20-13-9-12-19(15-20)27(31)32)16-22(28)21(14-18-10-7-6-8-11-18)26(23(29)30)24(3,4)5/h6-13,15,17,21-22,28H,14,16H2,1-5H3,(H,29,30)/t21-,22-/m0/s1. The summed E-state index contributed by atoms with van der Waals surface area (Å²) in [5.41, 5.74) is -0.600. The number of amides is 1. The Morgan fingerprint density at radius 3 is 2.22 bits per heavy atom. The number of carbonyl (C=O) groups is 1. The Kier molecular flexibility index (Phi) is 9.55. The van der Waals surface area contributed by atoms with E-state index in [9.17, 15) is 33.5 Å². The molecule has 0 unspecified atom stereocenters. The number of benzene rings is 2. The lowest BCUT2D eigenvalue weighted by Gasteiger charge is -2.42. The van der Waals surface area contributed by atoms with Gasteiger partial charge in [-0.05, 0) is 52.7 Å². The monoisotopic (exact) mass is 523 g/mol. The summed E-state index contributed by atoms with van der Waals surface area (Å²) in [6, 6.07) is 12.4. The molecule has 0 spiro atoms. The van der Waals surface area contributed by atoms with Crippen molar-refractivity contribution < 1.29 is 33.2 Å². The molecule has 0 heterocycles. The number of aliphatic hydroxyl groups is 1. The zero-order valence-electron chi connectivity index (χ0n) is 20.9. The number of rotatable bonds is 11. The highest BCUT2D eigenvalue weighted by molar-refractivity contribution is 7.89. The lowest BCUT2D eigenvalue weighted by Crippen LogP contribution is -2.58. The lowest BCUT2D eigenvalue weighted by molar-refractivity contribution is -0.385. The summed E-state index contributed by atoms with van der Waals surface area (Å²) in [6.45, 7) is 7.59. The van der Waals surface area contributed by atoms with Gasteiger partial charge < -0.3 is 10.2 Å². The minimum Gasteiger partial charge on any atom is -0.465 e. The van der Waals surface area contributed by atoms with Crippen LogP contribution in [0.3, 0.4) is 0 Å². The first-order valence-electron chi connectivity index (χ1n) is 11.3. The van der Waals surface area contributed by atoms with Crippen molar-refractivity contribution in [2.24, 2.45) is 0 Å². The summed E-state index contributed by atoms with van der Waals surface area (Å²) >= 11 is 0. The van der Waals surface area contributed by atoms with Crippen LogP contribution in [0, 0.1) is 10.1 Å². The Bertz CT molecular complexity index is 1150. The van der Waals surface area contributed by atoms with Gasteiger partial charge >= 0.3 is 6.09 Å². The molecule has 0 aromatic heterocycles. The molecule has 0 fully saturated rings. The molecule has 11 nitrogen and oxygen atoms in total. The van der Waals surface area contributed by atoms with E-state index >= 15 is 0 Å². The summed E-state index contributed by atoms with van der Waals surface area (Å²) in [5.74, 6) is 0. The topological polar surface area (TPSA) is 151 Å². The van der Waals surface area contributed by atoms with E-state index in [-0.39, 0.29) is 6.42 Å². The van der Waals surface area contributed by atoms with Gasteiger partial charge in [0.05, 0.1) is 34.6 Å². The van der Waals surface area contributed by atoms with Gasteiger partial charge in [-0.1, -0.05) is 40.9 Å². The normalized spacial score (nSPS) is 14.0. The second kappa shape index (κ2) is 11.8. The number of non-ortho nitro benzene ring substituents is 1. The zero-order chi connectivity index (χ0) is 27.3. The molecular weight excluding hydrogens is 490 g/mol. The number of nitro groups is 1. The third kappa shape index (κ3) is 7.47. The van der Waals surface area contributed by atoms with Gasteiger partial charge in [-0.15, -0.1) is 0 Å². The zero-order valence-corrected chi connectivity index (χ0v) is 21.8. The molecule has 0 saturated heterocycles. The van der Waals surface area contributed by atoms with E-state index in [1.165, 1.54) is 12.1 Å². The van der Waals surface area contributed by atoms with Crippen molar-refractivity contribution in [2.75, 3.05) is 6.54 Å². The van der Waals surface area contributed by atoms with Crippen LogP contribution in [0.25, 0.3) is 0 Å². The molecule has 2 N–H and O–H groups in total. The third-order valence-electron chi connectivity index (χ3n) is 5.25. The van der Waals surface area contributed by atoms with Crippen LogP contribution in [0.4, 0.5) is 10.5 Å². The average molecular weight is 524 g/mol. The summed E-state index contributed by atoms with van der Waals surface area (Å²) in [7, 11) is -4.45. The fourth-order valence-electron chi connectivity index (χ4n) is 3.76. The van der Waals surface area contributed by atoms with Crippen molar-refractivity contribution in [1.82, 2.24) is 9.37 Å². The summed E-state index contributed by atoms with van der Waals surface area (Å²) in [5, 5.41) is 32.4. The smallest absolute Gasteiger partial charge is 0.408 e. The molecule has 36 heavy (non-hydrogen) atoms. The predicted octanol–water partition coefficient (Wildman–Crippen LogP) is 3.68. The second-order valence-electron chi connectivity index (χ2n) is 9.55. The van der Waals surface area contributed by atoms with Crippen molar-refractivity contribution >= 4 is 21.8 Å². The van der Waals surface area contributed by atoms with Gasteiger partial charge in [-0.3, -0.25) is 19.9 Å². The fourth-order valence-corrected chi connectivity index (χ4v) is 5.15. The van der Waals surface area contributed by atoms with Crippen LogP contribution in [0.2, 0.25) is 0 Å². The van der Waals surface area contributed by atoms with Gasteiger partial charge in [0.1, 0.15) is 0 Å². The molecule has 2 atom stereocenters. The number of aliphatic hydroxyl groups excluding tert-OH is 1. The van der Waals surface area contributed by atoms with Crippen LogP contribution in [0.15, 0.2) is 59.5 Å². The SMILES string of the molecule is CC(C)ON(C[C@H](O)[C@H](Cc1ccccc1)N(C(=O)O)C(C)(C)C)S(=O)(=O)c1cccc([N+](=O)[O-])c1. The molecule has 1 amide bonds. The number of nitrogens with zero attached hydrogens (tertiary/aromatic N) is 3. The molecule has 198 valence electrons. The minimum atomic E-state index is -4.45. The maximum Gasteiger partial charge on any atom is 0.408 e. The second-order valence-corrected chi connectivity index (χ2v) is 11.4. The van der Waals surface area contributed by atoms with Crippen LogP contribution >= 0.6 is 0 Å². The van der Waals surface area contributed by atoms with Crippen molar-refractivity contribution in [2.45, 2.75) is 69.7 Å². The van der Waals surface area contributed by atoms with E-state index in [1.807, 2.05) is 0 Å². The third-order valence-corrected chi connectivity index (χ3v) is 6.87. The Labute approximate surface area is 211 Å². The van der Waals surface area contributed by atoms with Gasteiger partial charge in [0.2, 0.25) is 0 Å². The van der Waals surface area contributed by atoms with Crippen molar-refractivity contribution in [3.05, 3.63) is 70.3 Å². The van der Waals surface area contributed by atoms with Crippen molar-refractivity contribution in [1.29, 1.82) is 0 Å². The number of carboxylic acid groups (broad SMARTS) is 1. The average Bonchev–Trinajstić information content (AvgIpc) is 2.77. The number of nitro benzene ring substituents is 1. The van der Waals surface area contributed by atoms with E-state index in [1.54, 1.807) is 65.0 Å². The van der Waals surface area contributed by atoms with Gasteiger partial charge in [0.25, 0.3) is 15.7 Å². The molecule has 0 saturated carbocycles. The van der Waals surface area contributed by atoms with Gasteiger partial charge in [0, 0.05) is 17.7 Å². The first-order chi connectivity index (χ1) is 16.6. The predicted molar refractivity (Wildman–Crippen MR) is 133 cm³/mol. The highest BCUT2D eigenvalue weighted by Crippen LogP contribution is 2.26. The van der Waals surface area contributed by atoms with Crippen molar-refractivity contribution in [3.63, 3.8) is 0 Å². The number of sulfonamides is 1. The highest BCUT2D eigenvalue weighted by atomic mass is 32.2. The van der Waals surface area contributed by atoms with Crippen LogP contribution in [-0.4, -0.2) is 69.3 Å². The van der Waals surface area contributed by atoms with Crippen LogP contribution < -0.4 is 0 Å². The molecule has 0 radical (unpaired) electrons. The van der Waals surface area contributed by atoms with Gasteiger partial charge in [-0.2, -0.15) is 0 Å².